The summed E-state index contributed by atoms with van der Waals surface area (Å²) in [7, 11) is 1.55. The zero-order valence-electron chi connectivity index (χ0n) is 14.2. The number of nitrogens with zero attached hydrogens (tertiary/aromatic N) is 3. The molecule has 0 aliphatic heterocycles. The molecular formula is C22H15N3O. The third-order valence-corrected chi connectivity index (χ3v) is 4.22. The van der Waals surface area contributed by atoms with Crippen LogP contribution in [0.25, 0.3) is 33.5 Å². The van der Waals surface area contributed by atoms with Gasteiger partial charge in [-0.15, -0.1) is 0 Å². The molecule has 0 aliphatic rings. The maximum absolute atomic E-state index is 9.60. The first-order valence-corrected chi connectivity index (χ1v) is 8.21. The minimum Gasteiger partial charge on any atom is -0.495 e. The molecule has 0 saturated heterocycles. The average molecular weight is 337 g/mol. The topological polar surface area (TPSA) is 58.8 Å². The number of aromatic nitrogens is 2. The molecule has 1 heterocycles. The van der Waals surface area contributed by atoms with E-state index in [0.717, 1.165) is 22.5 Å². The van der Waals surface area contributed by atoms with Gasteiger partial charge in [0.05, 0.1) is 24.0 Å². The largest absolute Gasteiger partial charge is 0.495 e. The molecule has 0 aliphatic carbocycles. The maximum Gasteiger partial charge on any atom is 0.138 e. The first-order valence-electron chi connectivity index (χ1n) is 8.21. The monoisotopic (exact) mass is 337 g/mol. The van der Waals surface area contributed by atoms with Gasteiger partial charge in [0.25, 0.3) is 0 Å². The predicted octanol–water partition coefficient (Wildman–Crippen LogP) is 4.84. The van der Waals surface area contributed by atoms with E-state index in [-0.39, 0.29) is 0 Å². The van der Waals surface area contributed by atoms with Crippen molar-refractivity contribution in [3.8, 4) is 34.3 Å². The van der Waals surface area contributed by atoms with Crippen molar-refractivity contribution in [1.29, 1.82) is 5.26 Å². The van der Waals surface area contributed by atoms with Crippen molar-refractivity contribution in [2.45, 2.75) is 0 Å². The lowest BCUT2D eigenvalue weighted by Gasteiger charge is -2.12. The van der Waals surface area contributed by atoms with E-state index in [0.29, 0.717) is 22.3 Å². The molecule has 0 atom stereocenters. The highest BCUT2D eigenvalue weighted by molar-refractivity contribution is 5.90. The Hall–Kier alpha value is -3.71. The van der Waals surface area contributed by atoms with E-state index in [4.69, 9.17) is 14.7 Å². The van der Waals surface area contributed by atoms with Crippen molar-refractivity contribution >= 4 is 11.0 Å². The number of fused-ring (bicyclic) bond motifs is 1. The van der Waals surface area contributed by atoms with Crippen LogP contribution in [-0.2, 0) is 0 Å². The minimum atomic E-state index is 0.397. The molecule has 124 valence electrons. The molecule has 0 radical (unpaired) electrons. The first kappa shape index (κ1) is 15.8. The van der Waals surface area contributed by atoms with Gasteiger partial charge in [-0.1, -0.05) is 60.7 Å². The standard InChI is InChI=1S/C22H15N3O/c1-26-19-13-12-18-22(17(19)14-23)25-21(16-10-6-3-7-11-16)20(24-18)15-8-4-2-5-9-15/h2-13H,1H3. The molecule has 0 spiro atoms. The van der Waals surface area contributed by atoms with E-state index in [1.807, 2.05) is 66.7 Å². The van der Waals surface area contributed by atoms with E-state index >= 15 is 0 Å². The van der Waals surface area contributed by atoms with Crippen LogP contribution in [0.3, 0.4) is 0 Å². The van der Waals surface area contributed by atoms with Crippen molar-refractivity contribution in [1.82, 2.24) is 9.97 Å². The molecule has 0 N–H and O–H groups in total. The molecule has 0 amide bonds. The van der Waals surface area contributed by atoms with Crippen molar-refractivity contribution in [3.63, 3.8) is 0 Å². The van der Waals surface area contributed by atoms with Crippen molar-refractivity contribution in [2.24, 2.45) is 0 Å². The fourth-order valence-electron chi connectivity index (χ4n) is 2.98. The van der Waals surface area contributed by atoms with Crippen LogP contribution in [0.4, 0.5) is 0 Å². The SMILES string of the molecule is COc1ccc2nc(-c3ccccc3)c(-c3ccccc3)nc2c1C#N. The van der Waals surface area contributed by atoms with Crippen LogP contribution in [0.1, 0.15) is 5.56 Å². The summed E-state index contributed by atoms with van der Waals surface area (Å²) >= 11 is 0. The van der Waals surface area contributed by atoms with Gasteiger partial charge < -0.3 is 4.74 Å². The first-order chi connectivity index (χ1) is 12.8. The van der Waals surface area contributed by atoms with Crippen LogP contribution < -0.4 is 4.74 Å². The number of hydrogen-bond acceptors (Lipinski definition) is 4. The Morgan fingerprint density at radius 2 is 1.35 bits per heavy atom. The predicted molar refractivity (Wildman–Crippen MR) is 102 cm³/mol. The number of ether oxygens (including phenoxy) is 1. The van der Waals surface area contributed by atoms with Crippen LogP contribution in [-0.4, -0.2) is 17.1 Å². The van der Waals surface area contributed by atoms with Crippen LogP contribution in [0.5, 0.6) is 5.75 Å². The molecule has 26 heavy (non-hydrogen) atoms. The maximum atomic E-state index is 9.60. The molecule has 4 nitrogen and oxygen atoms in total. The van der Waals surface area contributed by atoms with E-state index in [1.54, 1.807) is 13.2 Å². The molecule has 1 aromatic heterocycles. The van der Waals surface area contributed by atoms with Gasteiger partial charge in [0.15, 0.2) is 0 Å². The van der Waals surface area contributed by atoms with Gasteiger partial charge in [-0.25, -0.2) is 9.97 Å². The van der Waals surface area contributed by atoms with Crippen LogP contribution in [0.15, 0.2) is 72.8 Å². The Kier molecular flexibility index (Phi) is 4.04. The Morgan fingerprint density at radius 1 is 0.769 bits per heavy atom. The highest BCUT2D eigenvalue weighted by atomic mass is 16.5. The van der Waals surface area contributed by atoms with Crippen molar-refractivity contribution < 1.29 is 4.74 Å². The van der Waals surface area contributed by atoms with E-state index in [9.17, 15) is 5.26 Å². The summed E-state index contributed by atoms with van der Waals surface area (Å²) in [6, 6.07) is 25.6. The lowest BCUT2D eigenvalue weighted by Crippen LogP contribution is -1.98. The van der Waals surface area contributed by atoms with Gasteiger partial charge >= 0.3 is 0 Å². The number of methoxy groups -OCH3 is 1. The smallest absolute Gasteiger partial charge is 0.138 e. The second-order valence-electron chi connectivity index (χ2n) is 5.78. The number of nitriles is 1. The number of hydrogen-bond donors (Lipinski definition) is 0. The van der Waals surface area contributed by atoms with Gasteiger partial charge in [0.2, 0.25) is 0 Å². The van der Waals surface area contributed by atoms with Gasteiger partial charge in [-0.2, -0.15) is 5.26 Å². The molecule has 0 fully saturated rings. The third-order valence-electron chi connectivity index (χ3n) is 4.22. The van der Waals surface area contributed by atoms with E-state index < -0.39 is 0 Å². The van der Waals surface area contributed by atoms with Gasteiger partial charge in [-0.05, 0) is 12.1 Å². The lowest BCUT2D eigenvalue weighted by molar-refractivity contribution is 0.414. The zero-order valence-corrected chi connectivity index (χ0v) is 14.2. The van der Waals surface area contributed by atoms with Crippen molar-refractivity contribution in [2.75, 3.05) is 7.11 Å². The summed E-state index contributed by atoms with van der Waals surface area (Å²) in [5, 5.41) is 9.60. The van der Waals surface area contributed by atoms with Crippen LogP contribution >= 0.6 is 0 Å². The Morgan fingerprint density at radius 3 is 1.88 bits per heavy atom. The average Bonchev–Trinajstić information content (AvgIpc) is 2.73. The fraction of sp³-hybridized carbons (Fsp3) is 0.0455. The molecular weight excluding hydrogens is 322 g/mol. The molecule has 4 aromatic rings. The Bertz CT molecular complexity index is 1120. The molecule has 4 heteroatoms. The Labute approximate surface area is 151 Å². The fourth-order valence-corrected chi connectivity index (χ4v) is 2.98. The molecule has 0 unspecified atom stereocenters. The van der Waals surface area contributed by atoms with E-state index in [1.165, 1.54) is 0 Å². The summed E-state index contributed by atoms with van der Waals surface area (Å²) in [4.78, 5) is 9.67. The summed E-state index contributed by atoms with van der Waals surface area (Å²) in [6.07, 6.45) is 0. The Balaban J connectivity index is 2.09. The van der Waals surface area contributed by atoms with Crippen molar-refractivity contribution in [3.05, 3.63) is 78.4 Å². The van der Waals surface area contributed by atoms with Gasteiger partial charge in [-0.3, -0.25) is 0 Å². The second-order valence-corrected chi connectivity index (χ2v) is 5.78. The van der Waals surface area contributed by atoms with Gasteiger partial charge in [0, 0.05) is 11.1 Å². The quantitative estimate of drug-likeness (QED) is 0.536. The lowest BCUT2D eigenvalue weighted by atomic mass is 10.0. The van der Waals surface area contributed by atoms with Gasteiger partial charge in [0.1, 0.15) is 22.9 Å². The molecule has 4 rings (SSSR count). The van der Waals surface area contributed by atoms with E-state index in [2.05, 4.69) is 6.07 Å². The normalized spacial score (nSPS) is 10.5. The number of rotatable bonds is 3. The molecule has 3 aromatic carbocycles. The summed E-state index contributed by atoms with van der Waals surface area (Å²) in [5.74, 6) is 0.501. The summed E-state index contributed by atoms with van der Waals surface area (Å²) in [6.45, 7) is 0. The summed E-state index contributed by atoms with van der Waals surface area (Å²) in [5.41, 5.74) is 5.08. The third kappa shape index (κ3) is 2.66. The second kappa shape index (κ2) is 6.66. The highest BCUT2D eigenvalue weighted by Crippen LogP contribution is 2.33. The summed E-state index contributed by atoms with van der Waals surface area (Å²) < 4.78 is 5.31. The molecule has 0 saturated carbocycles. The van der Waals surface area contributed by atoms with Crippen LogP contribution in [0, 0.1) is 11.3 Å². The molecule has 0 bridgehead atoms. The zero-order chi connectivity index (χ0) is 17.9. The minimum absolute atomic E-state index is 0.397. The van der Waals surface area contributed by atoms with Crippen LogP contribution in [0.2, 0.25) is 0 Å². The number of benzene rings is 3. The highest BCUT2D eigenvalue weighted by Gasteiger charge is 2.17.